The van der Waals surface area contributed by atoms with E-state index in [9.17, 15) is 9.59 Å². The van der Waals surface area contributed by atoms with E-state index in [1.54, 1.807) is 13.0 Å². The second kappa shape index (κ2) is 8.31. The van der Waals surface area contributed by atoms with Crippen molar-refractivity contribution in [2.45, 2.75) is 26.4 Å². The lowest BCUT2D eigenvalue weighted by Crippen LogP contribution is -2.42. The standard InChI is InChI=1S/C18H24N4O2/c1-13-9-16(10-19-17(13)23)21-18(24)20-14(2)11-22(3)12-15-7-5-4-6-8-15/h4-10,14H,11-12H2,1-3H3,(H,19,23)(H2,20,21,24)/t14-/m1/s1. The fourth-order valence-corrected chi connectivity index (χ4v) is 2.53. The number of nitrogens with zero attached hydrogens (tertiary/aromatic N) is 1. The highest BCUT2D eigenvalue weighted by molar-refractivity contribution is 5.89. The fraction of sp³-hybridized carbons (Fsp3) is 0.333. The van der Waals surface area contributed by atoms with E-state index in [1.807, 2.05) is 32.2 Å². The summed E-state index contributed by atoms with van der Waals surface area (Å²) >= 11 is 0. The van der Waals surface area contributed by atoms with Crippen LogP contribution in [0, 0.1) is 6.92 Å². The first kappa shape index (κ1) is 17.7. The summed E-state index contributed by atoms with van der Waals surface area (Å²) in [6.45, 7) is 5.21. The average Bonchev–Trinajstić information content (AvgIpc) is 2.51. The summed E-state index contributed by atoms with van der Waals surface area (Å²) in [4.78, 5) is 28.1. The molecular weight excluding hydrogens is 304 g/mol. The largest absolute Gasteiger partial charge is 0.334 e. The van der Waals surface area contributed by atoms with Crippen LogP contribution in [0.15, 0.2) is 47.4 Å². The highest BCUT2D eigenvalue weighted by Crippen LogP contribution is 2.05. The third-order valence-electron chi connectivity index (χ3n) is 3.61. The Morgan fingerprint density at radius 3 is 2.67 bits per heavy atom. The number of carbonyl (C=O) groups excluding carboxylic acids is 1. The highest BCUT2D eigenvalue weighted by atomic mass is 16.2. The molecule has 0 aliphatic carbocycles. The molecule has 6 nitrogen and oxygen atoms in total. The average molecular weight is 328 g/mol. The van der Waals surface area contributed by atoms with Gasteiger partial charge in [-0.05, 0) is 32.5 Å². The number of hydrogen-bond donors (Lipinski definition) is 3. The van der Waals surface area contributed by atoms with Gasteiger partial charge < -0.3 is 20.5 Å². The van der Waals surface area contributed by atoms with Gasteiger partial charge in [-0.15, -0.1) is 0 Å². The van der Waals surface area contributed by atoms with Crippen molar-refractivity contribution in [2.24, 2.45) is 0 Å². The Kier molecular flexibility index (Phi) is 6.14. The van der Waals surface area contributed by atoms with Gasteiger partial charge in [0.15, 0.2) is 0 Å². The zero-order valence-corrected chi connectivity index (χ0v) is 14.3. The van der Waals surface area contributed by atoms with Gasteiger partial charge in [0.2, 0.25) is 0 Å². The van der Waals surface area contributed by atoms with Crippen molar-refractivity contribution >= 4 is 11.7 Å². The predicted octanol–water partition coefficient (Wildman–Crippen LogP) is 2.33. The Balaban J connectivity index is 1.80. The van der Waals surface area contributed by atoms with E-state index in [-0.39, 0.29) is 17.6 Å². The van der Waals surface area contributed by atoms with E-state index in [1.165, 1.54) is 11.8 Å². The Labute approximate surface area is 141 Å². The highest BCUT2D eigenvalue weighted by Gasteiger charge is 2.11. The number of hydrogen-bond acceptors (Lipinski definition) is 3. The molecule has 3 N–H and O–H groups in total. The van der Waals surface area contributed by atoms with Gasteiger partial charge in [0, 0.05) is 30.9 Å². The van der Waals surface area contributed by atoms with Crippen LogP contribution in [0.5, 0.6) is 0 Å². The van der Waals surface area contributed by atoms with Gasteiger partial charge >= 0.3 is 6.03 Å². The third kappa shape index (κ3) is 5.55. The SMILES string of the molecule is Cc1cc(NC(=O)N[C@H](C)CN(C)Cc2ccccc2)c[nH]c1=O. The lowest BCUT2D eigenvalue weighted by atomic mass is 10.2. The molecule has 1 aromatic carbocycles. The van der Waals surface area contributed by atoms with E-state index >= 15 is 0 Å². The fourth-order valence-electron chi connectivity index (χ4n) is 2.53. The molecule has 0 aliphatic heterocycles. The molecule has 6 heteroatoms. The van der Waals surface area contributed by atoms with Gasteiger partial charge in [-0.2, -0.15) is 0 Å². The number of amides is 2. The summed E-state index contributed by atoms with van der Waals surface area (Å²) < 4.78 is 0. The van der Waals surface area contributed by atoms with Crippen molar-refractivity contribution in [3.63, 3.8) is 0 Å². The molecule has 0 fully saturated rings. The molecule has 0 spiro atoms. The second-order valence-corrected chi connectivity index (χ2v) is 6.08. The number of nitrogens with one attached hydrogen (secondary N) is 3. The number of aromatic amines is 1. The number of anilines is 1. The van der Waals surface area contributed by atoms with Crippen LogP contribution < -0.4 is 16.2 Å². The topological polar surface area (TPSA) is 77.2 Å². The molecule has 1 heterocycles. The molecule has 1 aromatic heterocycles. The van der Waals surface area contributed by atoms with E-state index < -0.39 is 0 Å². The predicted molar refractivity (Wildman–Crippen MR) is 96.2 cm³/mol. The monoisotopic (exact) mass is 328 g/mol. The minimum Gasteiger partial charge on any atom is -0.334 e. The molecule has 0 saturated carbocycles. The van der Waals surface area contributed by atoms with Gasteiger partial charge in [-0.25, -0.2) is 4.79 Å². The number of urea groups is 1. The number of benzene rings is 1. The molecule has 0 unspecified atom stereocenters. The van der Waals surface area contributed by atoms with Crippen molar-refractivity contribution in [1.29, 1.82) is 0 Å². The first-order valence-electron chi connectivity index (χ1n) is 7.93. The van der Waals surface area contributed by atoms with E-state index in [0.717, 1.165) is 13.1 Å². The maximum atomic E-state index is 12.0. The maximum Gasteiger partial charge on any atom is 0.319 e. The van der Waals surface area contributed by atoms with Crippen molar-refractivity contribution < 1.29 is 4.79 Å². The molecule has 1 atom stereocenters. The van der Waals surface area contributed by atoms with Gasteiger partial charge in [0.05, 0.1) is 5.69 Å². The van der Waals surface area contributed by atoms with Gasteiger partial charge in [-0.3, -0.25) is 4.79 Å². The molecule has 2 rings (SSSR count). The zero-order chi connectivity index (χ0) is 17.5. The smallest absolute Gasteiger partial charge is 0.319 e. The number of H-pyrrole nitrogens is 1. The minimum atomic E-state index is -0.290. The molecular formula is C18H24N4O2. The maximum absolute atomic E-state index is 12.0. The molecule has 2 aromatic rings. The summed E-state index contributed by atoms with van der Waals surface area (Å²) in [5, 5.41) is 5.62. The molecule has 2 amide bonds. The Hall–Kier alpha value is -2.60. The summed E-state index contributed by atoms with van der Waals surface area (Å²) in [6.07, 6.45) is 1.49. The third-order valence-corrected chi connectivity index (χ3v) is 3.61. The van der Waals surface area contributed by atoms with Crippen molar-refractivity contribution in [3.8, 4) is 0 Å². The number of aromatic nitrogens is 1. The number of aryl methyl sites for hydroxylation is 1. The normalized spacial score (nSPS) is 12.0. The number of likely N-dealkylation sites (N-methyl/N-ethyl adjacent to an activating group) is 1. The second-order valence-electron chi connectivity index (χ2n) is 6.08. The van der Waals surface area contributed by atoms with E-state index in [0.29, 0.717) is 11.3 Å². The molecule has 0 saturated heterocycles. The molecule has 0 aliphatic rings. The summed E-state index contributed by atoms with van der Waals surface area (Å²) in [7, 11) is 2.02. The first-order valence-corrected chi connectivity index (χ1v) is 7.93. The number of pyridine rings is 1. The molecule has 0 radical (unpaired) electrons. The van der Waals surface area contributed by atoms with E-state index in [4.69, 9.17) is 0 Å². The quantitative estimate of drug-likeness (QED) is 0.761. The summed E-state index contributed by atoms with van der Waals surface area (Å²) in [5.74, 6) is 0. The Morgan fingerprint density at radius 2 is 2.00 bits per heavy atom. The molecule has 24 heavy (non-hydrogen) atoms. The minimum absolute atomic E-state index is 0.0115. The van der Waals surface area contributed by atoms with Crippen LogP contribution in [-0.2, 0) is 6.54 Å². The molecule has 128 valence electrons. The number of rotatable bonds is 6. The van der Waals surface area contributed by atoms with Gasteiger partial charge in [-0.1, -0.05) is 30.3 Å². The summed E-state index contributed by atoms with van der Waals surface area (Å²) in [6, 6.07) is 11.5. The van der Waals surface area contributed by atoms with Crippen molar-refractivity contribution in [3.05, 3.63) is 64.1 Å². The lowest BCUT2D eigenvalue weighted by Gasteiger charge is -2.22. The van der Waals surface area contributed by atoms with E-state index in [2.05, 4.69) is 32.7 Å². The van der Waals surface area contributed by atoms with Crippen LogP contribution in [0.25, 0.3) is 0 Å². The van der Waals surface area contributed by atoms with Crippen LogP contribution in [0.3, 0.4) is 0 Å². The van der Waals surface area contributed by atoms with Crippen molar-refractivity contribution in [1.82, 2.24) is 15.2 Å². The Bertz CT molecular complexity index is 727. The van der Waals surface area contributed by atoms with Crippen LogP contribution >= 0.6 is 0 Å². The van der Waals surface area contributed by atoms with Crippen LogP contribution in [0.4, 0.5) is 10.5 Å². The van der Waals surface area contributed by atoms with Crippen LogP contribution in [0.1, 0.15) is 18.1 Å². The first-order chi connectivity index (χ1) is 11.4. The summed E-state index contributed by atoms with van der Waals surface area (Å²) in [5.41, 5.74) is 2.20. The van der Waals surface area contributed by atoms with Crippen LogP contribution in [0.2, 0.25) is 0 Å². The molecule has 0 bridgehead atoms. The van der Waals surface area contributed by atoms with Crippen molar-refractivity contribution in [2.75, 3.05) is 18.9 Å². The number of carbonyl (C=O) groups is 1. The van der Waals surface area contributed by atoms with Gasteiger partial charge in [0.25, 0.3) is 5.56 Å². The van der Waals surface area contributed by atoms with Crippen LogP contribution in [-0.4, -0.2) is 35.5 Å². The zero-order valence-electron chi connectivity index (χ0n) is 14.3. The Morgan fingerprint density at radius 1 is 1.29 bits per heavy atom. The van der Waals surface area contributed by atoms with Gasteiger partial charge in [0.1, 0.15) is 0 Å². The lowest BCUT2D eigenvalue weighted by molar-refractivity contribution is 0.241.